The minimum Gasteiger partial charge on any atom is -0.454 e. The van der Waals surface area contributed by atoms with Gasteiger partial charge >= 0.3 is 0 Å². The molecule has 0 bridgehead atoms. The summed E-state index contributed by atoms with van der Waals surface area (Å²) >= 11 is 3.44. The van der Waals surface area contributed by atoms with Gasteiger partial charge in [0.15, 0.2) is 11.5 Å². The third-order valence-corrected chi connectivity index (χ3v) is 8.93. The number of carbonyl (C=O) groups is 2. The van der Waals surface area contributed by atoms with Crippen molar-refractivity contribution in [3.05, 3.63) is 88.4 Å². The maximum absolute atomic E-state index is 14.3. The van der Waals surface area contributed by atoms with Crippen molar-refractivity contribution in [1.29, 1.82) is 0 Å². The van der Waals surface area contributed by atoms with E-state index in [1.54, 1.807) is 18.2 Å². The molecular formula is C31H36BrN3O6S. The van der Waals surface area contributed by atoms with Gasteiger partial charge in [0.25, 0.3) is 0 Å². The lowest BCUT2D eigenvalue weighted by molar-refractivity contribution is -0.140. The molecule has 1 heterocycles. The van der Waals surface area contributed by atoms with Gasteiger partial charge in [-0.1, -0.05) is 58.4 Å². The fraction of sp³-hybridized carbons (Fsp3) is 0.355. The molecule has 224 valence electrons. The first-order chi connectivity index (χ1) is 19.9. The summed E-state index contributed by atoms with van der Waals surface area (Å²) < 4.78 is 39.5. The Bertz CT molecular complexity index is 1510. The van der Waals surface area contributed by atoms with Gasteiger partial charge in [0, 0.05) is 29.0 Å². The molecule has 0 saturated carbocycles. The van der Waals surface area contributed by atoms with E-state index in [1.807, 2.05) is 75.4 Å². The minimum atomic E-state index is -3.89. The van der Waals surface area contributed by atoms with Crippen LogP contribution in [0.1, 0.15) is 38.8 Å². The number of nitrogens with one attached hydrogen (secondary N) is 1. The van der Waals surface area contributed by atoms with Crippen molar-refractivity contribution in [3.8, 4) is 11.5 Å². The molecule has 1 atom stereocenters. The number of benzene rings is 3. The molecule has 1 unspecified atom stereocenters. The SMILES string of the molecule is CCS(=O)(=O)N(CC(=O)N(Cc1ccc(Br)cc1)C(Cc1ccccc1)C(=O)NC(C)(C)C)c1ccc2c(c1)OCO2. The molecule has 1 N–H and O–H groups in total. The molecule has 1 aliphatic heterocycles. The van der Waals surface area contributed by atoms with Crippen LogP contribution in [-0.2, 0) is 32.6 Å². The third-order valence-electron chi connectivity index (χ3n) is 6.66. The topological polar surface area (TPSA) is 105 Å². The molecule has 0 aromatic heterocycles. The van der Waals surface area contributed by atoms with E-state index in [2.05, 4.69) is 21.2 Å². The van der Waals surface area contributed by atoms with Crippen LogP contribution >= 0.6 is 15.9 Å². The molecule has 3 aromatic rings. The van der Waals surface area contributed by atoms with Gasteiger partial charge < -0.3 is 19.7 Å². The normalized spacial score (nSPS) is 13.4. The molecule has 3 aromatic carbocycles. The predicted octanol–water partition coefficient (Wildman–Crippen LogP) is 4.89. The van der Waals surface area contributed by atoms with Crippen LogP contribution in [0.4, 0.5) is 5.69 Å². The molecule has 42 heavy (non-hydrogen) atoms. The number of hydrogen-bond donors (Lipinski definition) is 1. The molecule has 1 aliphatic rings. The van der Waals surface area contributed by atoms with Crippen LogP contribution < -0.4 is 19.1 Å². The van der Waals surface area contributed by atoms with Gasteiger partial charge in [-0.05, 0) is 63.1 Å². The van der Waals surface area contributed by atoms with Gasteiger partial charge in [0.05, 0.1) is 11.4 Å². The second-order valence-electron chi connectivity index (χ2n) is 11.0. The van der Waals surface area contributed by atoms with Crippen LogP contribution in [0.3, 0.4) is 0 Å². The van der Waals surface area contributed by atoms with Crippen LogP contribution in [0.5, 0.6) is 11.5 Å². The van der Waals surface area contributed by atoms with Crippen molar-refractivity contribution in [2.45, 2.75) is 52.2 Å². The highest BCUT2D eigenvalue weighted by Gasteiger charge is 2.35. The summed E-state index contributed by atoms with van der Waals surface area (Å²) in [6, 6.07) is 20.7. The van der Waals surface area contributed by atoms with Gasteiger partial charge in [-0.15, -0.1) is 0 Å². The van der Waals surface area contributed by atoms with E-state index < -0.39 is 34.1 Å². The highest BCUT2D eigenvalue weighted by atomic mass is 79.9. The quantitative estimate of drug-likeness (QED) is 0.315. The van der Waals surface area contributed by atoms with Gasteiger partial charge in [0.1, 0.15) is 12.6 Å². The van der Waals surface area contributed by atoms with Crippen molar-refractivity contribution in [1.82, 2.24) is 10.2 Å². The number of halogens is 1. The highest BCUT2D eigenvalue weighted by Crippen LogP contribution is 2.36. The number of carbonyl (C=O) groups excluding carboxylic acids is 2. The lowest BCUT2D eigenvalue weighted by atomic mass is 10.0. The van der Waals surface area contributed by atoms with E-state index in [1.165, 1.54) is 11.8 Å². The second-order valence-corrected chi connectivity index (χ2v) is 14.1. The summed E-state index contributed by atoms with van der Waals surface area (Å²) in [5.74, 6) is -0.172. The first-order valence-electron chi connectivity index (χ1n) is 13.7. The predicted molar refractivity (Wildman–Crippen MR) is 166 cm³/mol. The summed E-state index contributed by atoms with van der Waals surface area (Å²) in [5.41, 5.74) is 1.38. The summed E-state index contributed by atoms with van der Waals surface area (Å²) in [7, 11) is -3.89. The Kier molecular flexibility index (Phi) is 9.83. The molecule has 11 heteroatoms. The number of ether oxygens (including phenoxy) is 2. The van der Waals surface area contributed by atoms with Crippen LogP contribution in [0.2, 0.25) is 0 Å². The van der Waals surface area contributed by atoms with Crippen molar-refractivity contribution in [2.24, 2.45) is 0 Å². The molecule has 0 saturated heterocycles. The third kappa shape index (κ3) is 8.04. The van der Waals surface area contributed by atoms with Crippen molar-refractivity contribution in [2.75, 3.05) is 23.4 Å². The lowest BCUT2D eigenvalue weighted by Crippen LogP contribution is -2.56. The Morgan fingerprint density at radius 3 is 2.26 bits per heavy atom. The van der Waals surface area contributed by atoms with Crippen LogP contribution in [0.15, 0.2) is 77.3 Å². The zero-order chi connectivity index (χ0) is 30.5. The van der Waals surface area contributed by atoms with Gasteiger partial charge in [0.2, 0.25) is 28.6 Å². The summed E-state index contributed by atoms with van der Waals surface area (Å²) in [6.07, 6.45) is 0.246. The molecule has 0 aliphatic carbocycles. The molecule has 4 rings (SSSR count). The maximum atomic E-state index is 14.3. The Labute approximate surface area is 256 Å². The molecule has 0 fully saturated rings. The van der Waals surface area contributed by atoms with Gasteiger partial charge in [-0.2, -0.15) is 0 Å². The van der Waals surface area contributed by atoms with Crippen LogP contribution in [-0.4, -0.2) is 55.8 Å². The lowest BCUT2D eigenvalue weighted by Gasteiger charge is -2.35. The number of fused-ring (bicyclic) bond motifs is 1. The average molecular weight is 659 g/mol. The number of anilines is 1. The Morgan fingerprint density at radius 1 is 0.952 bits per heavy atom. The number of rotatable bonds is 11. The highest BCUT2D eigenvalue weighted by molar-refractivity contribution is 9.10. The first-order valence-corrected chi connectivity index (χ1v) is 16.1. The minimum absolute atomic E-state index is 0.0310. The number of amides is 2. The van der Waals surface area contributed by atoms with Crippen molar-refractivity contribution in [3.63, 3.8) is 0 Å². The standard InChI is InChI=1S/C31H36BrN3O6S/c1-5-42(38,39)35(25-15-16-27-28(18-25)41-21-40-27)20-29(36)34(19-23-11-13-24(32)14-12-23)26(30(37)33-31(2,3)4)17-22-9-7-6-8-10-22/h6-16,18,26H,5,17,19-21H2,1-4H3,(H,33,37). The van der Waals surface area contributed by atoms with Gasteiger partial charge in [-0.3, -0.25) is 13.9 Å². The summed E-state index contributed by atoms with van der Waals surface area (Å²) in [6.45, 7) is 6.78. The molecule has 0 radical (unpaired) electrons. The van der Waals surface area contributed by atoms with Crippen molar-refractivity contribution >= 4 is 43.5 Å². The van der Waals surface area contributed by atoms with E-state index in [-0.39, 0.29) is 37.1 Å². The molecule has 9 nitrogen and oxygen atoms in total. The Balaban J connectivity index is 1.75. The fourth-order valence-corrected chi connectivity index (χ4v) is 5.87. The monoisotopic (exact) mass is 657 g/mol. The maximum Gasteiger partial charge on any atom is 0.244 e. The van der Waals surface area contributed by atoms with Crippen molar-refractivity contribution < 1.29 is 27.5 Å². The van der Waals surface area contributed by atoms with E-state index in [0.29, 0.717) is 11.5 Å². The fourth-order valence-electron chi connectivity index (χ4n) is 4.55. The first kappa shape index (κ1) is 31.4. The second kappa shape index (κ2) is 13.2. The zero-order valence-electron chi connectivity index (χ0n) is 24.2. The Morgan fingerprint density at radius 2 is 1.62 bits per heavy atom. The Hall–Kier alpha value is -3.57. The largest absolute Gasteiger partial charge is 0.454 e. The summed E-state index contributed by atoms with van der Waals surface area (Å²) in [4.78, 5) is 29.6. The van der Waals surface area contributed by atoms with Crippen LogP contribution in [0, 0.1) is 0 Å². The van der Waals surface area contributed by atoms with E-state index in [9.17, 15) is 18.0 Å². The number of hydrogen-bond acceptors (Lipinski definition) is 6. The van der Waals surface area contributed by atoms with E-state index >= 15 is 0 Å². The smallest absolute Gasteiger partial charge is 0.244 e. The van der Waals surface area contributed by atoms with E-state index in [4.69, 9.17) is 9.47 Å². The average Bonchev–Trinajstić information content (AvgIpc) is 3.42. The number of sulfonamides is 1. The molecule has 2 amide bonds. The number of nitrogens with zero attached hydrogens (tertiary/aromatic N) is 2. The molecular weight excluding hydrogens is 622 g/mol. The van der Waals surface area contributed by atoms with E-state index in [0.717, 1.165) is 19.9 Å². The zero-order valence-corrected chi connectivity index (χ0v) is 26.6. The van der Waals surface area contributed by atoms with Gasteiger partial charge in [-0.25, -0.2) is 8.42 Å². The molecule has 0 spiro atoms. The summed E-state index contributed by atoms with van der Waals surface area (Å²) in [5, 5.41) is 3.02. The van der Waals surface area contributed by atoms with Crippen LogP contribution in [0.25, 0.3) is 0 Å².